The number of para-hydroxylation sites is 2. The fraction of sp³-hybridized carbons (Fsp3) is 0.200. The molecule has 230 valence electrons. The average molecular weight is 643 g/mol. The molecule has 0 bridgehead atoms. The van der Waals surface area contributed by atoms with Gasteiger partial charge in [-0.2, -0.15) is 8.49 Å². The number of aromatic nitrogens is 2. The van der Waals surface area contributed by atoms with Gasteiger partial charge in [0.2, 0.25) is 11.0 Å². The van der Waals surface area contributed by atoms with E-state index in [2.05, 4.69) is 169 Å². The molecule has 0 radical (unpaired) electrons. The molecule has 4 nitrogen and oxygen atoms in total. The van der Waals surface area contributed by atoms with E-state index in [0.717, 1.165) is 25.7 Å². The first-order chi connectivity index (χ1) is 22.3. The lowest BCUT2D eigenvalue weighted by Gasteiger charge is -2.06. The normalized spacial score (nSPS) is 15.7. The third-order valence-corrected chi connectivity index (χ3v) is 10.9. The van der Waals surface area contributed by atoms with Gasteiger partial charge in [-0.1, -0.05) is 46.9 Å². The van der Waals surface area contributed by atoms with Crippen LogP contribution in [0.15, 0.2) is 120 Å². The summed E-state index contributed by atoms with van der Waals surface area (Å²) in [6.45, 7) is 8.92. The maximum Gasteiger partial charge on any atom is 0.270 e. The van der Waals surface area contributed by atoms with E-state index in [4.69, 9.17) is 0 Å². The summed E-state index contributed by atoms with van der Waals surface area (Å²) in [4.78, 5) is 0. The van der Waals surface area contributed by atoms with Crippen LogP contribution in [0.3, 0.4) is 0 Å². The molecule has 0 saturated carbocycles. The van der Waals surface area contributed by atoms with Crippen LogP contribution in [0, 0.1) is 13.4 Å². The van der Waals surface area contributed by atoms with Gasteiger partial charge in [0.05, 0.1) is 0 Å². The van der Waals surface area contributed by atoms with Crippen LogP contribution in [-0.2, 0) is 0 Å². The summed E-state index contributed by atoms with van der Waals surface area (Å²) in [5.74, 6) is 0. The number of unbranched alkanes of at least 4 members (excludes halogenated alkanes) is 1. The lowest BCUT2D eigenvalue weighted by atomic mass is 9.99. The minimum absolute atomic E-state index is 0.972. The van der Waals surface area contributed by atoms with Crippen LogP contribution < -0.4 is 17.8 Å². The van der Waals surface area contributed by atoms with Gasteiger partial charge < -0.3 is 0 Å². The molecule has 0 N–H and O–H groups in total. The highest BCUT2D eigenvalue weighted by Gasteiger charge is 2.16. The van der Waals surface area contributed by atoms with Gasteiger partial charge in [0.1, 0.15) is 51.0 Å². The summed E-state index contributed by atoms with van der Waals surface area (Å²) in [6, 6.07) is 17.1. The molecule has 0 fully saturated rings. The number of thiazole rings is 2. The molecule has 46 heavy (non-hydrogen) atoms. The zero-order valence-corrected chi connectivity index (χ0v) is 28.9. The molecule has 4 aromatic rings. The smallest absolute Gasteiger partial charge is 0.235 e. The number of allylic oxidation sites excluding steroid dienone is 12. The molecule has 2 aromatic carbocycles. The minimum Gasteiger partial charge on any atom is -0.235 e. The standard InChI is InChI=1S/C40H42N4S2/c1-41(2)33-23-19-29(20-24-33)27-31(39-43(5)35-15-9-11-17-37(35)45-39)13-7-8-14-32(28-30-21-25-34(26-22-30)42(3)4)40-44(6)36-16-10-12-18-38(36)46-40/h9-12,15-28H,5-8,13-14H2,1-4H3/q+4/b39-31-,40-32+. The van der Waals surface area contributed by atoms with Crippen LogP contribution in [0.1, 0.15) is 25.7 Å². The van der Waals surface area contributed by atoms with Crippen molar-refractivity contribution in [3.05, 3.63) is 143 Å². The zero-order valence-electron chi connectivity index (χ0n) is 27.2. The largest absolute Gasteiger partial charge is 0.270 e. The number of rotatable bonds is 7. The van der Waals surface area contributed by atoms with Crippen LogP contribution in [0.4, 0.5) is 0 Å². The number of benzene rings is 2. The van der Waals surface area contributed by atoms with Crippen molar-refractivity contribution >= 4 is 65.7 Å². The Hall–Kier alpha value is -4.52. The zero-order chi connectivity index (χ0) is 32.2. The summed E-state index contributed by atoms with van der Waals surface area (Å²) in [7, 11) is 8.32. The molecule has 0 amide bonds. The molecule has 0 spiro atoms. The first kappa shape index (κ1) is 31.5. The van der Waals surface area contributed by atoms with Crippen molar-refractivity contribution < 1.29 is 17.6 Å². The van der Waals surface area contributed by atoms with E-state index >= 15 is 0 Å². The van der Waals surface area contributed by atoms with Gasteiger partial charge in [-0.05, 0) is 85.4 Å². The molecule has 0 unspecified atom stereocenters. The average Bonchev–Trinajstić information content (AvgIpc) is 3.58. The molecule has 6 rings (SSSR count). The predicted octanol–water partition coefficient (Wildman–Crippen LogP) is 6.06. The van der Waals surface area contributed by atoms with Crippen molar-refractivity contribution in [1.82, 2.24) is 0 Å². The Labute approximate surface area is 279 Å². The number of nitrogens with zero attached hydrogens (tertiary/aromatic N) is 4. The summed E-state index contributed by atoms with van der Waals surface area (Å²) in [5, 5.41) is 0. The molecule has 2 aliphatic carbocycles. The molecule has 0 saturated heterocycles. The molecular formula is C40H42N4S2+4. The van der Waals surface area contributed by atoms with Gasteiger partial charge in [-0.3, -0.25) is 0 Å². The van der Waals surface area contributed by atoms with E-state index in [9.17, 15) is 0 Å². The van der Waals surface area contributed by atoms with E-state index < -0.39 is 0 Å². The second kappa shape index (κ2) is 13.9. The Morgan fingerprint density at radius 1 is 0.587 bits per heavy atom. The van der Waals surface area contributed by atoms with Crippen molar-refractivity contribution in [2.75, 3.05) is 28.2 Å². The second-order valence-electron chi connectivity index (χ2n) is 12.1. The van der Waals surface area contributed by atoms with Gasteiger partial charge >= 0.3 is 0 Å². The monoisotopic (exact) mass is 642 g/mol. The first-order valence-corrected chi connectivity index (χ1v) is 17.4. The Bertz CT molecular complexity index is 2120. The molecule has 2 heterocycles. The van der Waals surface area contributed by atoms with Gasteiger partial charge in [0, 0.05) is 47.6 Å². The molecule has 0 aliphatic heterocycles. The summed E-state index contributed by atoms with van der Waals surface area (Å²) < 4.78 is 13.5. The molecule has 2 aromatic heterocycles. The van der Waals surface area contributed by atoms with Crippen LogP contribution in [-0.4, -0.2) is 48.8 Å². The van der Waals surface area contributed by atoms with Gasteiger partial charge in [-0.25, -0.2) is 9.15 Å². The summed E-state index contributed by atoms with van der Waals surface area (Å²) in [5.41, 5.74) is 9.82. The van der Waals surface area contributed by atoms with E-state index in [-0.39, 0.29) is 0 Å². The number of hydrogen-bond donors (Lipinski definition) is 0. The third kappa shape index (κ3) is 6.84. The highest BCUT2D eigenvalue weighted by atomic mass is 32.1. The Kier molecular flexibility index (Phi) is 9.48. The highest BCUT2D eigenvalue weighted by Crippen LogP contribution is 2.22. The fourth-order valence-corrected chi connectivity index (χ4v) is 8.08. The Morgan fingerprint density at radius 2 is 0.957 bits per heavy atom. The van der Waals surface area contributed by atoms with Gasteiger partial charge in [0.15, 0.2) is 11.4 Å². The maximum absolute atomic E-state index is 4.46. The van der Waals surface area contributed by atoms with Crippen molar-refractivity contribution in [3.8, 4) is 0 Å². The first-order valence-electron chi connectivity index (χ1n) is 15.7. The lowest BCUT2D eigenvalue weighted by Crippen LogP contribution is -2.32. The van der Waals surface area contributed by atoms with Gasteiger partial charge in [-0.15, -0.1) is 0 Å². The number of fused-ring (bicyclic) bond motifs is 2. The van der Waals surface area contributed by atoms with Crippen LogP contribution in [0.5, 0.6) is 0 Å². The second-order valence-corrected chi connectivity index (χ2v) is 14.2. The SMILES string of the molecule is C=[n+]1/c(=C(/C=C2C=CC(=[N+](C)C)C=C2)CCCC/C(C=C2C=CC(=[N+](C)C)C=C2)=c2\sc3ccccc3[n+]2=C)sc2ccccc21. The minimum atomic E-state index is 0.972. The van der Waals surface area contributed by atoms with Crippen LogP contribution in [0.2, 0.25) is 0 Å². The number of hydrogen-bond acceptors (Lipinski definition) is 2. The van der Waals surface area contributed by atoms with Crippen LogP contribution in [0.25, 0.3) is 31.6 Å². The topological polar surface area (TPSA) is 17.8 Å². The Balaban J connectivity index is 1.33. The molecule has 2 aliphatic rings. The van der Waals surface area contributed by atoms with Crippen molar-refractivity contribution in [2.24, 2.45) is 0 Å². The maximum atomic E-state index is 4.46. The van der Waals surface area contributed by atoms with E-state index in [1.165, 1.54) is 63.5 Å². The summed E-state index contributed by atoms with van der Waals surface area (Å²) >= 11 is 3.66. The summed E-state index contributed by atoms with van der Waals surface area (Å²) in [6.07, 6.45) is 26.4. The van der Waals surface area contributed by atoms with E-state index in [1.807, 2.05) is 22.7 Å². The quantitative estimate of drug-likeness (QED) is 0.172. The molecule has 6 heteroatoms. The third-order valence-electron chi connectivity index (χ3n) is 8.41. The van der Waals surface area contributed by atoms with E-state index in [1.54, 1.807) is 0 Å². The van der Waals surface area contributed by atoms with Crippen molar-refractivity contribution in [2.45, 2.75) is 25.7 Å². The lowest BCUT2D eigenvalue weighted by molar-refractivity contribution is -0.477. The predicted molar refractivity (Wildman–Crippen MR) is 197 cm³/mol. The van der Waals surface area contributed by atoms with Crippen molar-refractivity contribution in [3.63, 3.8) is 0 Å². The van der Waals surface area contributed by atoms with E-state index in [0.29, 0.717) is 0 Å². The molecule has 0 atom stereocenters. The molecular weight excluding hydrogens is 601 g/mol. The van der Waals surface area contributed by atoms with Gasteiger partial charge in [0.25, 0.3) is 9.33 Å². The Morgan fingerprint density at radius 3 is 1.30 bits per heavy atom. The van der Waals surface area contributed by atoms with Crippen molar-refractivity contribution in [1.29, 1.82) is 0 Å². The highest BCUT2D eigenvalue weighted by molar-refractivity contribution is 7.16. The fourth-order valence-electron chi connectivity index (χ4n) is 5.80. The van der Waals surface area contributed by atoms with Crippen LogP contribution >= 0.6 is 22.7 Å².